The summed E-state index contributed by atoms with van der Waals surface area (Å²) in [6.45, 7) is 4.51. The molecule has 0 atom stereocenters. The molecule has 0 fully saturated rings. The molecule has 0 aromatic heterocycles. The number of likely N-dealkylation sites (N-methyl/N-ethyl adjacent to an activating group) is 1. The van der Waals surface area contributed by atoms with Crippen molar-refractivity contribution >= 4 is 23.3 Å². The first-order valence-electron chi connectivity index (χ1n) is 9.45. The second-order valence-corrected chi connectivity index (χ2v) is 6.62. The zero-order valence-corrected chi connectivity index (χ0v) is 16.2. The van der Waals surface area contributed by atoms with Crippen molar-refractivity contribution in [2.75, 3.05) is 24.6 Å². The van der Waals surface area contributed by atoms with Gasteiger partial charge in [0, 0.05) is 25.1 Å². The summed E-state index contributed by atoms with van der Waals surface area (Å²) < 4.78 is 5.47. The van der Waals surface area contributed by atoms with E-state index in [-0.39, 0.29) is 30.7 Å². The predicted molar refractivity (Wildman–Crippen MR) is 106 cm³/mol. The van der Waals surface area contributed by atoms with Gasteiger partial charge in [0.05, 0.1) is 5.69 Å². The summed E-state index contributed by atoms with van der Waals surface area (Å²) in [5.74, 6) is 0.0370. The van der Waals surface area contributed by atoms with Gasteiger partial charge in [0.1, 0.15) is 12.3 Å². The van der Waals surface area contributed by atoms with Crippen molar-refractivity contribution in [1.82, 2.24) is 4.90 Å². The van der Waals surface area contributed by atoms with Gasteiger partial charge < -0.3 is 9.64 Å². The molecule has 0 bridgehead atoms. The molecule has 3 rings (SSSR count). The Morgan fingerprint density at radius 2 is 1.86 bits per heavy atom. The highest BCUT2D eigenvalue weighted by Crippen LogP contribution is 2.33. The molecule has 0 spiro atoms. The van der Waals surface area contributed by atoms with E-state index in [2.05, 4.69) is 0 Å². The number of carbonyl (C=O) groups is 3. The Hall–Kier alpha value is -3.15. The van der Waals surface area contributed by atoms with E-state index < -0.39 is 0 Å². The third-order valence-electron chi connectivity index (χ3n) is 4.79. The number of carbonyl (C=O) groups excluding carboxylic acids is 3. The van der Waals surface area contributed by atoms with E-state index in [0.717, 1.165) is 5.56 Å². The molecule has 146 valence electrons. The van der Waals surface area contributed by atoms with Crippen LogP contribution in [0, 0.1) is 0 Å². The van der Waals surface area contributed by atoms with Crippen LogP contribution in [0.4, 0.5) is 5.69 Å². The molecule has 2 aromatic carbocycles. The standard InChI is InChI=1S/C22H24N2O4/c1-3-19(25)17-10-11-20-18(12-17)24(22(27)15-28-20)14-21(26)23(4-2)13-16-8-6-5-7-9-16/h5-12H,3-4,13-15H2,1-2H3. The molecular formula is C22H24N2O4. The first-order chi connectivity index (χ1) is 13.5. The van der Waals surface area contributed by atoms with Crippen molar-refractivity contribution in [2.45, 2.75) is 26.8 Å². The Morgan fingerprint density at radius 3 is 2.54 bits per heavy atom. The predicted octanol–water partition coefficient (Wildman–Crippen LogP) is 3.05. The molecule has 1 aliphatic rings. The molecule has 28 heavy (non-hydrogen) atoms. The molecule has 0 saturated heterocycles. The number of hydrogen-bond donors (Lipinski definition) is 0. The Kier molecular flexibility index (Phi) is 6.09. The normalized spacial score (nSPS) is 12.9. The van der Waals surface area contributed by atoms with Crippen LogP contribution in [0.3, 0.4) is 0 Å². The Balaban J connectivity index is 1.82. The van der Waals surface area contributed by atoms with Gasteiger partial charge >= 0.3 is 0 Å². The fourth-order valence-corrected chi connectivity index (χ4v) is 3.17. The van der Waals surface area contributed by atoms with Crippen LogP contribution >= 0.6 is 0 Å². The number of benzene rings is 2. The topological polar surface area (TPSA) is 66.9 Å². The monoisotopic (exact) mass is 380 g/mol. The average Bonchev–Trinajstić information content (AvgIpc) is 2.73. The number of fused-ring (bicyclic) bond motifs is 1. The lowest BCUT2D eigenvalue weighted by molar-refractivity contribution is -0.132. The molecule has 2 aromatic rings. The van der Waals surface area contributed by atoms with Crippen molar-refractivity contribution in [2.24, 2.45) is 0 Å². The van der Waals surface area contributed by atoms with Crippen LogP contribution in [0.2, 0.25) is 0 Å². The van der Waals surface area contributed by atoms with Crippen molar-refractivity contribution in [1.29, 1.82) is 0 Å². The molecule has 2 amide bonds. The second-order valence-electron chi connectivity index (χ2n) is 6.62. The maximum Gasteiger partial charge on any atom is 0.265 e. The maximum atomic E-state index is 12.9. The van der Waals surface area contributed by atoms with Crippen LogP contribution in [0.5, 0.6) is 5.75 Å². The summed E-state index contributed by atoms with van der Waals surface area (Å²) in [6.07, 6.45) is 0.368. The van der Waals surface area contributed by atoms with Gasteiger partial charge in [-0.1, -0.05) is 37.3 Å². The van der Waals surface area contributed by atoms with Crippen LogP contribution < -0.4 is 9.64 Å². The summed E-state index contributed by atoms with van der Waals surface area (Å²) in [5, 5.41) is 0. The smallest absolute Gasteiger partial charge is 0.265 e. The molecular weight excluding hydrogens is 356 g/mol. The lowest BCUT2D eigenvalue weighted by Crippen LogP contribution is -2.46. The third kappa shape index (κ3) is 4.22. The molecule has 1 heterocycles. The van der Waals surface area contributed by atoms with Gasteiger partial charge in [-0.05, 0) is 30.7 Å². The molecule has 6 heteroatoms. The maximum absolute atomic E-state index is 12.9. The number of amides is 2. The largest absolute Gasteiger partial charge is 0.482 e. The molecule has 1 aliphatic heterocycles. The first kappa shape index (κ1) is 19.6. The number of anilines is 1. The van der Waals surface area contributed by atoms with E-state index in [1.54, 1.807) is 30.0 Å². The van der Waals surface area contributed by atoms with Gasteiger partial charge in [0.2, 0.25) is 5.91 Å². The molecule has 0 saturated carbocycles. The highest BCUT2D eigenvalue weighted by atomic mass is 16.5. The number of ketones is 1. The SMILES string of the molecule is CCC(=O)c1ccc2c(c1)N(CC(=O)N(CC)Cc1ccccc1)C(=O)CO2. The van der Waals surface area contributed by atoms with Crippen LogP contribution in [-0.2, 0) is 16.1 Å². The van der Waals surface area contributed by atoms with Crippen molar-refractivity contribution in [3.05, 3.63) is 59.7 Å². The minimum atomic E-state index is -0.294. The fraction of sp³-hybridized carbons (Fsp3) is 0.318. The second kappa shape index (κ2) is 8.69. The van der Waals surface area contributed by atoms with Crippen LogP contribution in [0.1, 0.15) is 36.2 Å². The van der Waals surface area contributed by atoms with Gasteiger partial charge in [-0.15, -0.1) is 0 Å². The van der Waals surface area contributed by atoms with E-state index >= 15 is 0 Å². The summed E-state index contributed by atoms with van der Waals surface area (Å²) in [4.78, 5) is 40.5. The van der Waals surface area contributed by atoms with E-state index in [1.807, 2.05) is 37.3 Å². The molecule has 0 radical (unpaired) electrons. The number of hydrogen-bond acceptors (Lipinski definition) is 4. The van der Waals surface area contributed by atoms with E-state index in [4.69, 9.17) is 4.74 Å². The summed E-state index contributed by atoms with van der Waals surface area (Å²) in [5.41, 5.74) is 2.01. The highest BCUT2D eigenvalue weighted by molar-refractivity contribution is 6.04. The quantitative estimate of drug-likeness (QED) is 0.693. The van der Waals surface area contributed by atoms with Gasteiger partial charge in [-0.2, -0.15) is 0 Å². The Labute approximate surface area is 164 Å². The van der Waals surface area contributed by atoms with E-state index in [0.29, 0.717) is 36.5 Å². The third-order valence-corrected chi connectivity index (χ3v) is 4.79. The van der Waals surface area contributed by atoms with Crippen LogP contribution in [-0.4, -0.2) is 42.2 Å². The summed E-state index contributed by atoms with van der Waals surface area (Å²) in [7, 11) is 0. The number of nitrogens with zero attached hydrogens (tertiary/aromatic N) is 2. The Bertz CT molecular complexity index is 879. The van der Waals surface area contributed by atoms with Gasteiger partial charge in [-0.25, -0.2) is 0 Å². The zero-order chi connectivity index (χ0) is 20.1. The van der Waals surface area contributed by atoms with Crippen LogP contribution in [0.15, 0.2) is 48.5 Å². The van der Waals surface area contributed by atoms with Gasteiger partial charge in [0.25, 0.3) is 5.91 Å². The molecule has 0 unspecified atom stereocenters. The fourth-order valence-electron chi connectivity index (χ4n) is 3.17. The number of Topliss-reactive ketones (excluding diaryl/α,β-unsaturated/α-hetero) is 1. The van der Waals surface area contributed by atoms with Gasteiger partial charge in [0.15, 0.2) is 12.4 Å². The van der Waals surface area contributed by atoms with Crippen molar-refractivity contribution in [3.63, 3.8) is 0 Å². The minimum Gasteiger partial charge on any atom is -0.482 e. The minimum absolute atomic E-state index is 0.0219. The highest BCUT2D eigenvalue weighted by Gasteiger charge is 2.29. The van der Waals surface area contributed by atoms with E-state index in [1.165, 1.54) is 4.90 Å². The van der Waals surface area contributed by atoms with Crippen molar-refractivity contribution < 1.29 is 19.1 Å². The number of ether oxygens (including phenoxy) is 1. The molecule has 0 aliphatic carbocycles. The lowest BCUT2D eigenvalue weighted by atomic mass is 10.1. The van der Waals surface area contributed by atoms with Crippen molar-refractivity contribution in [3.8, 4) is 5.75 Å². The summed E-state index contributed by atoms with van der Waals surface area (Å²) in [6, 6.07) is 14.7. The van der Waals surface area contributed by atoms with E-state index in [9.17, 15) is 14.4 Å². The zero-order valence-electron chi connectivity index (χ0n) is 16.2. The molecule has 0 N–H and O–H groups in total. The summed E-state index contributed by atoms with van der Waals surface area (Å²) >= 11 is 0. The Morgan fingerprint density at radius 1 is 1.11 bits per heavy atom. The first-order valence-corrected chi connectivity index (χ1v) is 9.45. The lowest BCUT2D eigenvalue weighted by Gasteiger charge is -2.31. The van der Waals surface area contributed by atoms with Crippen LogP contribution in [0.25, 0.3) is 0 Å². The molecule has 6 nitrogen and oxygen atoms in total. The number of rotatable bonds is 7. The average molecular weight is 380 g/mol. The van der Waals surface area contributed by atoms with Gasteiger partial charge in [-0.3, -0.25) is 19.3 Å².